The summed E-state index contributed by atoms with van der Waals surface area (Å²) in [5.41, 5.74) is 2.94. The van der Waals surface area contributed by atoms with Gasteiger partial charge < -0.3 is 26.4 Å². The van der Waals surface area contributed by atoms with Crippen LogP contribution in [0.15, 0.2) is 54.6 Å². The molecule has 1 heterocycles. The molecule has 1 aromatic heterocycles. The number of carboxylic acids is 1. The molecule has 10 nitrogen and oxygen atoms in total. The molecule has 1 fully saturated rings. The van der Waals surface area contributed by atoms with Gasteiger partial charge in [0.25, 0.3) is 0 Å². The molecule has 4 rings (SSSR count). The van der Waals surface area contributed by atoms with Crippen molar-refractivity contribution in [2.75, 3.05) is 29.5 Å². The highest BCUT2D eigenvalue weighted by molar-refractivity contribution is 5.78. The molecule has 1 saturated carbocycles. The van der Waals surface area contributed by atoms with E-state index in [4.69, 9.17) is 5.11 Å². The number of carboxylic acid groups (broad SMARTS) is 1. The number of aromatic nitrogens is 3. The maximum Gasteiger partial charge on any atom is 0.307 e. The minimum Gasteiger partial charge on any atom is -0.481 e. The molecule has 5 N–H and O–H groups in total. The molecule has 10 heteroatoms. The van der Waals surface area contributed by atoms with Gasteiger partial charge in [0.2, 0.25) is 23.8 Å². The van der Waals surface area contributed by atoms with Gasteiger partial charge in [0.15, 0.2) is 0 Å². The number of amides is 1. The summed E-state index contributed by atoms with van der Waals surface area (Å²) in [5.74, 6) is 0.996. The van der Waals surface area contributed by atoms with Gasteiger partial charge in [-0.25, -0.2) is 0 Å². The van der Waals surface area contributed by atoms with Crippen molar-refractivity contribution in [3.05, 3.63) is 71.3 Å². The molecule has 0 aliphatic heterocycles. The largest absolute Gasteiger partial charge is 0.481 e. The van der Waals surface area contributed by atoms with E-state index in [1.54, 1.807) is 19.2 Å². The van der Waals surface area contributed by atoms with E-state index >= 15 is 0 Å². The molecule has 3 aromatic rings. The number of nitrogens with one attached hydrogen (secondary N) is 4. The zero-order valence-electron chi connectivity index (χ0n) is 22.5. The van der Waals surface area contributed by atoms with Crippen molar-refractivity contribution in [1.82, 2.24) is 20.3 Å². The van der Waals surface area contributed by atoms with Gasteiger partial charge in [0, 0.05) is 32.1 Å². The predicted molar refractivity (Wildman–Crippen MR) is 152 cm³/mol. The van der Waals surface area contributed by atoms with E-state index in [0.717, 1.165) is 36.8 Å². The van der Waals surface area contributed by atoms with Crippen LogP contribution in [0.4, 0.5) is 17.8 Å². The Labute approximate surface area is 229 Å². The van der Waals surface area contributed by atoms with Gasteiger partial charge in [-0.2, -0.15) is 15.0 Å². The Morgan fingerprint density at radius 1 is 0.897 bits per heavy atom. The van der Waals surface area contributed by atoms with E-state index in [1.807, 2.05) is 30.3 Å². The smallest absolute Gasteiger partial charge is 0.307 e. The molecule has 1 aliphatic rings. The normalized spacial score (nSPS) is 17.6. The molecule has 1 unspecified atom stereocenters. The van der Waals surface area contributed by atoms with Crippen LogP contribution >= 0.6 is 0 Å². The maximum atomic E-state index is 12.7. The molecule has 0 radical (unpaired) electrons. The Balaban J connectivity index is 1.24. The summed E-state index contributed by atoms with van der Waals surface area (Å²) < 4.78 is 0. The molecule has 0 spiro atoms. The van der Waals surface area contributed by atoms with Gasteiger partial charge in [-0.1, -0.05) is 61.5 Å². The number of nitrogens with zero attached hydrogens (tertiary/aromatic N) is 3. The Bertz CT molecular complexity index is 1230. The van der Waals surface area contributed by atoms with E-state index < -0.39 is 5.97 Å². The highest BCUT2D eigenvalue weighted by Crippen LogP contribution is 2.27. The van der Waals surface area contributed by atoms with Gasteiger partial charge in [-0.15, -0.1) is 0 Å². The monoisotopic (exact) mass is 531 g/mol. The molecule has 0 saturated heterocycles. The average molecular weight is 532 g/mol. The maximum absolute atomic E-state index is 12.7. The van der Waals surface area contributed by atoms with Crippen LogP contribution in [0.5, 0.6) is 0 Å². The standard InChI is InChI=1S/C29H37N7O3/c1-19(22-6-4-3-5-7-22)17-32-28-34-27(30-2)35-29(36-28)33-24-14-12-23(13-15-24)26(39)31-18-21-10-8-20(9-11-21)16-25(37)38/h3-11,19,23-24H,12-18H2,1-2H3,(H,31,39)(H,37,38)(H3,30,32,33,34,35,36). The molecule has 1 aliphatic carbocycles. The van der Waals surface area contributed by atoms with Crippen molar-refractivity contribution in [2.24, 2.45) is 5.92 Å². The molecule has 39 heavy (non-hydrogen) atoms. The fourth-order valence-electron chi connectivity index (χ4n) is 4.74. The fraction of sp³-hybridized carbons (Fsp3) is 0.414. The van der Waals surface area contributed by atoms with Gasteiger partial charge >= 0.3 is 5.97 Å². The van der Waals surface area contributed by atoms with Crippen LogP contribution in [-0.4, -0.2) is 51.6 Å². The van der Waals surface area contributed by atoms with Crippen molar-refractivity contribution in [2.45, 2.75) is 57.5 Å². The number of hydrogen-bond acceptors (Lipinski definition) is 8. The Hall–Kier alpha value is -4.21. The third kappa shape index (κ3) is 8.39. The molecular formula is C29H37N7O3. The van der Waals surface area contributed by atoms with Crippen LogP contribution < -0.4 is 21.3 Å². The van der Waals surface area contributed by atoms with E-state index in [2.05, 4.69) is 55.3 Å². The van der Waals surface area contributed by atoms with Gasteiger partial charge in [0.05, 0.1) is 6.42 Å². The lowest BCUT2D eigenvalue weighted by molar-refractivity contribution is -0.136. The van der Waals surface area contributed by atoms with Crippen LogP contribution in [0.25, 0.3) is 0 Å². The van der Waals surface area contributed by atoms with Crippen LogP contribution in [-0.2, 0) is 22.6 Å². The van der Waals surface area contributed by atoms with Crippen molar-refractivity contribution < 1.29 is 14.7 Å². The Morgan fingerprint density at radius 2 is 1.54 bits per heavy atom. The first-order chi connectivity index (χ1) is 18.9. The summed E-state index contributed by atoms with van der Waals surface area (Å²) in [6.07, 6.45) is 3.25. The second-order valence-electron chi connectivity index (χ2n) is 10.0. The Kier molecular flexibility index (Phi) is 9.66. The van der Waals surface area contributed by atoms with E-state index in [-0.39, 0.29) is 24.3 Å². The van der Waals surface area contributed by atoms with Crippen LogP contribution in [0.1, 0.15) is 55.2 Å². The SMILES string of the molecule is CNc1nc(NCC(C)c2ccccc2)nc(NC2CCC(C(=O)NCc3ccc(CC(=O)O)cc3)CC2)n1. The first kappa shape index (κ1) is 27.8. The number of carbonyl (C=O) groups excluding carboxylic acids is 1. The summed E-state index contributed by atoms with van der Waals surface area (Å²) in [5, 5.41) is 21.7. The van der Waals surface area contributed by atoms with Crippen LogP contribution in [0.2, 0.25) is 0 Å². The lowest BCUT2D eigenvalue weighted by atomic mass is 9.85. The second-order valence-corrected chi connectivity index (χ2v) is 10.0. The zero-order valence-corrected chi connectivity index (χ0v) is 22.5. The first-order valence-electron chi connectivity index (χ1n) is 13.5. The predicted octanol–water partition coefficient (Wildman–Crippen LogP) is 4.04. The lowest BCUT2D eigenvalue weighted by Crippen LogP contribution is -2.36. The van der Waals surface area contributed by atoms with E-state index in [9.17, 15) is 9.59 Å². The number of carbonyl (C=O) groups is 2. The molecule has 206 valence electrons. The third-order valence-electron chi connectivity index (χ3n) is 7.07. The van der Waals surface area contributed by atoms with Gasteiger partial charge in [-0.05, 0) is 48.3 Å². The minimum absolute atomic E-state index is 0.00396. The summed E-state index contributed by atoms with van der Waals surface area (Å²) in [6.45, 7) is 3.29. The number of hydrogen-bond donors (Lipinski definition) is 5. The molecule has 2 aromatic carbocycles. The quantitative estimate of drug-likeness (QED) is 0.234. The Morgan fingerprint density at radius 3 is 2.21 bits per heavy atom. The van der Waals surface area contributed by atoms with Crippen molar-refractivity contribution in [1.29, 1.82) is 0 Å². The van der Waals surface area contributed by atoms with Crippen molar-refractivity contribution in [3.63, 3.8) is 0 Å². The van der Waals surface area contributed by atoms with Crippen molar-refractivity contribution in [3.8, 4) is 0 Å². The molecule has 1 atom stereocenters. The number of benzene rings is 2. The number of aliphatic carboxylic acids is 1. The first-order valence-corrected chi connectivity index (χ1v) is 13.5. The fourth-order valence-corrected chi connectivity index (χ4v) is 4.74. The zero-order chi connectivity index (χ0) is 27.6. The van der Waals surface area contributed by atoms with Gasteiger partial charge in [-0.3, -0.25) is 9.59 Å². The highest BCUT2D eigenvalue weighted by atomic mass is 16.4. The van der Waals surface area contributed by atoms with E-state index in [1.165, 1.54) is 5.56 Å². The summed E-state index contributed by atoms with van der Waals surface area (Å²) in [7, 11) is 1.78. The highest BCUT2D eigenvalue weighted by Gasteiger charge is 2.26. The lowest BCUT2D eigenvalue weighted by Gasteiger charge is -2.28. The molecule has 1 amide bonds. The van der Waals surface area contributed by atoms with Crippen LogP contribution in [0, 0.1) is 5.92 Å². The molecule has 0 bridgehead atoms. The summed E-state index contributed by atoms with van der Waals surface area (Å²) in [4.78, 5) is 37.1. The third-order valence-corrected chi connectivity index (χ3v) is 7.07. The average Bonchev–Trinajstić information content (AvgIpc) is 2.95. The van der Waals surface area contributed by atoms with Crippen molar-refractivity contribution >= 4 is 29.7 Å². The van der Waals surface area contributed by atoms with E-state index in [0.29, 0.717) is 36.9 Å². The van der Waals surface area contributed by atoms with Gasteiger partial charge in [0.1, 0.15) is 0 Å². The summed E-state index contributed by atoms with van der Waals surface area (Å²) >= 11 is 0. The number of rotatable bonds is 12. The second kappa shape index (κ2) is 13.5. The minimum atomic E-state index is -0.857. The topological polar surface area (TPSA) is 141 Å². The summed E-state index contributed by atoms with van der Waals surface area (Å²) in [6, 6.07) is 17.8. The number of anilines is 3. The van der Waals surface area contributed by atoms with Crippen LogP contribution in [0.3, 0.4) is 0 Å². The molecular weight excluding hydrogens is 494 g/mol.